The average molecular weight is 368 g/mol. The van der Waals surface area contributed by atoms with E-state index in [4.69, 9.17) is 11.6 Å². The first-order valence-electron chi connectivity index (χ1n) is 7.48. The summed E-state index contributed by atoms with van der Waals surface area (Å²) in [6.45, 7) is 3.32. The Morgan fingerprint density at radius 2 is 1.75 bits per heavy atom. The van der Waals surface area contributed by atoms with Crippen LogP contribution in [0.25, 0.3) is 0 Å². The van der Waals surface area contributed by atoms with Crippen LogP contribution in [0.1, 0.15) is 0 Å². The van der Waals surface area contributed by atoms with Gasteiger partial charge in [0.2, 0.25) is 10.0 Å². The van der Waals surface area contributed by atoms with Crippen molar-refractivity contribution in [1.29, 1.82) is 0 Å². The zero-order valence-electron chi connectivity index (χ0n) is 13.2. The van der Waals surface area contributed by atoms with Crippen LogP contribution >= 0.6 is 11.6 Å². The van der Waals surface area contributed by atoms with Gasteiger partial charge in [-0.25, -0.2) is 8.42 Å². The third-order valence-electron chi connectivity index (χ3n) is 3.72. The predicted octanol–water partition coefficient (Wildman–Crippen LogP) is 1.83. The first-order valence-corrected chi connectivity index (χ1v) is 9.75. The third kappa shape index (κ3) is 4.27. The zero-order valence-corrected chi connectivity index (χ0v) is 14.8. The van der Waals surface area contributed by atoms with Gasteiger partial charge in [0, 0.05) is 36.9 Å². The number of hydrogen-bond acceptors (Lipinski definition) is 6. The summed E-state index contributed by atoms with van der Waals surface area (Å²) < 4.78 is 24.7. The molecule has 1 aromatic carbocycles. The molecule has 0 saturated carbocycles. The lowest BCUT2D eigenvalue weighted by Gasteiger charge is -2.36. The fourth-order valence-corrected chi connectivity index (χ4v) is 3.28. The highest BCUT2D eigenvalue weighted by molar-refractivity contribution is 7.92. The van der Waals surface area contributed by atoms with Crippen LogP contribution in [-0.4, -0.2) is 51.0 Å². The van der Waals surface area contributed by atoms with Crippen molar-refractivity contribution in [3.63, 3.8) is 0 Å². The number of benzene rings is 1. The Kier molecular flexibility index (Phi) is 4.77. The number of sulfonamides is 1. The molecule has 9 heteroatoms. The molecule has 1 fully saturated rings. The Morgan fingerprint density at radius 1 is 1.04 bits per heavy atom. The predicted molar refractivity (Wildman–Crippen MR) is 96.4 cm³/mol. The first kappa shape index (κ1) is 16.8. The number of anilines is 3. The van der Waals surface area contributed by atoms with Gasteiger partial charge in [-0.05, 0) is 30.3 Å². The van der Waals surface area contributed by atoms with Crippen molar-refractivity contribution in [2.45, 2.75) is 0 Å². The molecule has 24 heavy (non-hydrogen) atoms. The molecular formula is C15H18ClN5O2S. The van der Waals surface area contributed by atoms with E-state index in [0.717, 1.165) is 49.0 Å². The van der Waals surface area contributed by atoms with Crippen LogP contribution in [0.3, 0.4) is 0 Å². The van der Waals surface area contributed by atoms with Crippen LogP contribution in [-0.2, 0) is 10.0 Å². The van der Waals surface area contributed by atoms with Crippen molar-refractivity contribution >= 4 is 38.9 Å². The molecule has 0 unspecified atom stereocenters. The second kappa shape index (κ2) is 6.82. The standard InChI is InChI=1S/C15H18ClN5O2S/c1-24(22,23)19-14-5-6-15(18-17-14)21-9-7-20(8-10-21)13-4-2-3-12(16)11-13/h2-6,11H,7-10H2,1H3,(H,17,19). The van der Waals surface area contributed by atoms with E-state index >= 15 is 0 Å². The van der Waals surface area contributed by atoms with Crippen LogP contribution in [0.5, 0.6) is 0 Å². The zero-order chi connectivity index (χ0) is 17.2. The lowest BCUT2D eigenvalue weighted by atomic mass is 10.2. The highest BCUT2D eigenvalue weighted by Crippen LogP contribution is 2.22. The molecule has 128 valence electrons. The van der Waals surface area contributed by atoms with E-state index in [1.807, 2.05) is 24.3 Å². The summed E-state index contributed by atoms with van der Waals surface area (Å²) in [6, 6.07) is 11.2. The summed E-state index contributed by atoms with van der Waals surface area (Å²) in [6.07, 6.45) is 1.08. The monoisotopic (exact) mass is 367 g/mol. The van der Waals surface area contributed by atoms with Crippen molar-refractivity contribution in [2.75, 3.05) is 47.0 Å². The highest BCUT2D eigenvalue weighted by atomic mass is 35.5. The number of nitrogens with zero attached hydrogens (tertiary/aromatic N) is 4. The minimum atomic E-state index is -3.34. The summed E-state index contributed by atoms with van der Waals surface area (Å²) in [5.41, 5.74) is 1.11. The van der Waals surface area contributed by atoms with Gasteiger partial charge in [-0.2, -0.15) is 0 Å². The Labute approximate surface area is 146 Å². The molecule has 1 aliphatic heterocycles. The maximum absolute atomic E-state index is 11.2. The second-order valence-corrected chi connectivity index (χ2v) is 7.79. The van der Waals surface area contributed by atoms with Gasteiger partial charge in [0.1, 0.15) is 0 Å². The summed E-state index contributed by atoms with van der Waals surface area (Å²) in [5, 5.41) is 8.75. The number of rotatable bonds is 4. The summed E-state index contributed by atoms with van der Waals surface area (Å²) in [5.74, 6) is 0.957. The van der Waals surface area contributed by atoms with E-state index in [-0.39, 0.29) is 5.82 Å². The van der Waals surface area contributed by atoms with Crippen LogP contribution in [0.4, 0.5) is 17.3 Å². The molecule has 0 amide bonds. The number of nitrogens with one attached hydrogen (secondary N) is 1. The smallest absolute Gasteiger partial charge is 0.231 e. The van der Waals surface area contributed by atoms with Crippen molar-refractivity contribution in [2.24, 2.45) is 0 Å². The van der Waals surface area contributed by atoms with E-state index in [9.17, 15) is 8.42 Å². The number of aromatic nitrogens is 2. The second-order valence-electron chi connectivity index (χ2n) is 5.60. The first-order chi connectivity index (χ1) is 11.4. The molecule has 0 bridgehead atoms. The van der Waals surface area contributed by atoms with Gasteiger partial charge in [0.15, 0.2) is 11.6 Å². The van der Waals surface area contributed by atoms with E-state index in [0.29, 0.717) is 0 Å². The van der Waals surface area contributed by atoms with E-state index < -0.39 is 10.0 Å². The van der Waals surface area contributed by atoms with Crippen molar-refractivity contribution < 1.29 is 8.42 Å². The fourth-order valence-electron chi connectivity index (χ4n) is 2.60. The van der Waals surface area contributed by atoms with Gasteiger partial charge in [0.25, 0.3) is 0 Å². The largest absolute Gasteiger partial charge is 0.368 e. The summed E-state index contributed by atoms with van der Waals surface area (Å²) in [7, 11) is -3.34. The maximum Gasteiger partial charge on any atom is 0.231 e. The summed E-state index contributed by atoms with van der Waals surface area (Å²) >= 11 is 6.05. The van der Waals surface area contributed by atoms with Crippen LogP contribution in [0, 0.1) is 0 Å². The molecule has 2 heterocycles. The van der Waals surface area contributed by atoms with Crippen LogP contribution < -0.4 is 14.5 Å². The highest BCUT2D eigenvalue weighted by Gasteiger charge is 2.19. The molecule has 7 nitrogen and oxygen atoms in total. The normalized spacial score (nSPS) is 15.4. The molecule has 0 radical (unpaired) electrons. The molecule has 1 aliphatic rings. The van der Waals surface area contributed by atoms with Gasteiger partial charge < -0.3 is 9.80 Å². The Hall–Kier alpha value is -2.06. The number of hydrogen-bond donors (Lipinski definition) is 1. The van der Waals surface area contributed by atoms with Crippen LogP contribution in [0.15, 0.2) is 36.4 Å². The lowest BCUT2D eigenvalue weighted by Crippen LogP contribution is -2.46. The molecule has 1 saturated heterocycles. The van der Waals surface area contributed by atoms with E-state index in [1.165, 1.54) is 0 Å². The quantitative estimate of drug-likeness (QED) is 0.888. The molecular weight excluding hydrogens is 350 g/mol. The van der Waals surface area contributed by atoms with E-state index in [2.05, 4.69) is 24.7 Å². The van der Waals surface area contributed by atoms with E-state index in [1.54, 1.807) is 12.1 Å². The Bertz CT molecular complexity index is 805. The lowest BCUT2D eigenvalue weighted by molar-refractivity contribution is 0.606. The maximum atomic E-state index is 11.2. The average Bonchev–Trinajstić information content (AvgIpc) is 2.54. The summed E-state index contributed by atoms with van der Waals surface area (Å²) in [4.78, 5) is 4.40. The van der Waals surface area contributed by atoms with Gasteiger partial charge in [-0.3, -0.25) is 4.72 Å². The van der Waals surface area contributed by atoms with Gasteiger partial charge in [-0.15, -0.1) is 10.2 Å². The van der Waals surface area contributed by atoms with Crippen LogP contribution in [0.2, 0.25) is 5.02 Å². The number of piperazine rings is 1. The molecule has 1 N–H and O–H groups in total. The molecule has 3 rings (SSSR count). The van der Waals surface area contributed by atoms with Crippen molar-refractivity contribution in [3.05, 3.63) is 41.4 Å². The third-order valence-corrected chi connectivity index (χ3v) is 4.53. The molecule has 0 aliphatic carbocycles. The molecule has 0 spiro atoms. The SMILES string of the molecule is CS(=O)(=O)Nc1ccc(N2CCN(c3cccc(Cl)c3)CC2)nn1. The van der Waals surface area contributed by atoms with Crippen molar-refractivity contribution in [1.82, 2.24) is 10.2 Å². The molecule has 1 aromatic heterocycles. The van der Waals surface area contributed by atoms with Crippen molar-refractivity contribution in [3.8, 4) is 0 Å². The van der Waals surface area contributed by atoms with Gasteiger partial charge >= 0.3 is 0 Å². The Balaban J connectivity index is 1.62. The minimum absolute atomic E-state index is 0.221. The van der Waals surface area contributed by atoms with Gasteiger partial charge in [0.05, 0.1) is 6.26 Å². The molecule has 2 aromatic rings. The van der Waals surface area contributed by atoms with Gasteiger partial charge in [-0.1, -0.05) is 17.7 Å². The topological polar surface area (TPSA) is 78.4 Å². The Morgan fingerprint density at radius 3 is 2.33 bits per heavy atom. The fraction of sp³-hybridized carbons (Fsp3) is 0.333. The molecule has 0 atom stereocenters. The number of halogens is 1. The minimum Gasteiger partial charge on any atom is -0.368 e.